The first-order chi connectivity index (χ1) is 68.9. The maximum Gasteiger partial charge on any atom is 0.342 e. The van der Waals surface area contributed by atoms with E-state index in [1.54, 1.807) is 82.6 Å². The first-order valence-corrected chi connectivity index (χ1v) is 48.0. The molecule has 143 heavy (non-hydrogen) atoms. The maximum atomic E-state index is 12.8. The first-order valence-electron chi connectivity index (χ1n) is 48.0. The number of esters is 5. The number of carbonyl (C=O) groups excluding carboxylic acids is 10. The van der Waals surface area contributed by atoms with E-state index in [-0.39, 0.29) is 130 Å². The van der Waals surface area contributed by atoms with E-state index in [2.05, 4.69) is 105 Å². The Bertz CT molecular complexity index is 6370. The number of rotatable bonds is 29. The fourth-order valence-electron chi connectivity index (χ4n) is 18.6. The van der Waals surface area contributed by atoms with Crippen molar-refractivity contribution >= 4 is 143 Å². The molecule has 758 valence electrons. The van der Waals surface area contributed by atoms with Gasteiger partial charge in [0.1, 0.15) is 101 Å². The lowest BCUT2D eigenvalue weighted by molar-refractivity contribution is -0.132. The van der Waals surface area contributed by atoms with Crippen LogP contribution >= 0.6 is 0 Å². The Morgan fingerprint density at radius 1 is 0.371 bits per heavy atom. The lowest BCUT2D eigenvalue weighted by Crippen LogP contribution is -2.52. The van der Waals surface area contributed by atoms with E-state index in [1.165, 1.54) is 31.9 Å². The van der Waals surface area contributed by atoms with E-state index in [9.17, 15) is 47.9 Å². The second-order valence-corrected chi connectivity index (χ2v) is 36.2. The molecular formula is C101H127N25O17. The minimum absolute atomic E-state index is 0.00232. The number of ether oxygens (including phenoxy) is 7. The van der Waals surface area contributed by atoms with Crippen LogP contribution in [0, 0.1) is 86.2 Å². The Labute approximate surface area is 829 Å². The van der Waals surface area contributed by atoms with Gasteiger partial charge in [-0.1, -0.05) is 34.6 Å². The number of nitrogens with zero attached hydrogens (tertiary/aromatic N) is 18. The van der Waals surface area contributed by atoms with E-state index in [4.69, 9.17) is 59.5 Å². The van der Waals surface area contributed by atoms with Crippen LogP contribution in [0.2, 0.25) is 0 Å². The zero-order valence-corrected chi connectivity index (χ0v) is 83.4. The summed E-state index contributed by atoms with van der Waals surface area (Å²) in [6.45, 7) is 24.9. The number of nitriles is 5. The summed E-state index contributed by atoms with van der Waals surface area (Å²) in [5.41, 5.74) is 8.76. The van der Waals surface area contributed by atoms with Gasteiger partial charge in [-0.3, -0.25) is 24.0 Å². The fraction of sp³-hybridized carbons (Fsp3) is 0.505. The predicted molar refractivity (Wildman–Crippen MR) is 532 cm³/mol. The van der Waals surface area contributed by atoms with Gasteiger partial charge in [0, 0.05) is 220 Å². The molecule has 5 aliphatic rings. The number of fused-ring (bicyclic) bond motifs is 5. The molecule has 5 aliphatic heterocycles. The molecule has 0 radical (unpaired) electrons. The number of piperidine rings is 5. The minimum atomic E-state index is -0.485. The molecule has 15 rings (SSSR count). The largest absolute Gasteiger partial charge is 0.462 e. The van der Waals surface area contributed by atoms with E-state index in [0.29, 0.717) is 170 Å². The number of carbonyl (C=O) groups is 10. The predicted octanol–water partition coefficient (Wildman–Crippen LogP) is 11.2. The molecule has 5 saturated heterocycles. The van der Waals surface area contributed by atoms with Crippen molar-refractivity contribution in [3.8, 4) is 30.3 Å². The topological polar surface area (TPSA) is 548 Å². The molecule has 0 bridgehead atoms. The fourth-order valence-corrected chi connectivity index (χ4v) is 18.6. The van der Waals surface area contributed by atoms with Gasteiger partial charge in [-0.2, -0.15) is 26.3 Å². The summed E-state index contributed by atoms with van der Waals surface area (Å²) in [4.78, 5) is 176. The number of H-pyrrole nitrogens is 5. The number of methoxy groups -OCH3 is 2. The van der Waals surface area contributed by atoms with E-state index in [0.717, 1.165) is 76.1 Å². The summed E-state index contributed by atoms with van der Waals surface area (Å²) in [6.07, 6.45) is 19.8. The molecule has 42 nitrogen and oxygen atoms in total. The lowest BCUT2D eigenvalue weighted by Gasteiger charge is -2.43. The van der Waals surface area contributed by atoms with Crippen molar-refractivity contribution in [2.45, 2.75) is 163 Å². The number of aromatic amines is 5. The number of hydrogen-bond acceptors (Lipinski definition) is 32. The van der Waals surface area contributed by atoms with E-state index < -0.39 is 29.8 Å². The molecule has 15 heterocycles. The number of aromatic nitrogens is 10. The van der Waals surface area contributed by atoms with Gasteiger partial charge in [0.2, 0.25) is 29.5 Å². The Morgan fingerprint density at radius 3 is 0.909 bits per heavy atom. The number of likely N-dealkylation sites (tertiary alicyclic amines) is 5. The third-order valence-corrected chi connectivity index (χ3v) is 26.7. The normalized spacial score (nSPS) is 19.2. The smallest absolute Gasteiger partial charge is 0.342 e. The highest BCUT2D eigenvalue weighted by Crippen LogP contribution is 2.40. The first kappa shape index (κ1) is 108. The van der Waals surface area contributed by atoms with Gasteiger partial charge in [-0.25, -0.2) is 48.9 Å². The minimum Gasteiger partial charge on any atom is -0.462 e. The summed E-state index contributed by atoms with van der Waals surface area (Å²) < 4.78 is 36.4. The van der Waals surface area contributed by atoms with Crippen LogP contribution in [0.3, 0.4) is 0 Å². The molecule has 10 unspecified atom stereocenters. The van der Waals surface area contributed by atoms with Crippen molar-refractivity contribution in [2.24, 2.45) is 29.6 Å². The van der Waals surface area contributed by atoms with Crippen molar-refractivity contribution in [2.75, 3.05) is 166 Å². The molecular weight excluding hydrogens is 1840 g/mol. The van der Waals surface area contributed by atoms with Crippen LogP contribution in [0.15, 0.2) is 92.3 Å². The molecule has 7 N–H and O–H groups in total. The van der Waals surface area contributed by atoms with Crippen LogP contribution in [0.4, 0.5) is 28.4 Å². The quantitative estimate of drug-likeness (QED) is 0.0130. The van der Waals surface area contributed by atoms with Gasteiger partial charge < -0.3 is 108 Å². The van der Waals surface area contributed by atoms with E-state index >= 15 is 0 Å². The summed E-state index contributed by atoms with van der Waals surface area (Å²) in [5.74, 6) is -1.54. The molecule has 5 fully saturated rings. The van der Waals surface area contributed by atoms with Crippen LogP contribution < -0.4 is 25.3 Å². The third kappa shape index (κ3) is 26.6. The Kier molecular flexibility index (Phi) is 39.0. The summed E-state index contributed by atoms with van der Waals surface area (Å²) in [5, 5.41) is 55.2. The molecule has 5 amide bonds. The van der Waals surface area contributed by atoms with Gasteiger partial charge in [0.15, 0.2) is 0 Å². The average Bonchev–Trinajstić information content (AvgIpc) is 1.74. The summed E-state index contributed by atoms with van der Waals surface area (Å²) in [6, 6.07) is 18.9. The number of anilines is 5. The number of pyridine rings is 5. The summed E-state index contributed by atoms with van der Waals surface area (Å²) >= 11 is 0. The molecule has 42 heteroatoms. The van der Waals surface area contributed by atoms with Crippen molar-refractivity contribution in [3.05, 3.63) is 120 Å². The molecule has 0 aromatic carbocycles. The van der Waals surface area contributed by atoms with Crippen LogP contribution in [-0.4, -0.2) is 310 Å². The second-order valence-electron chi connectivity index (χ2n) is 36.2. The molecule has 0 spiro atoms. The lowest BCUT2D eigenvalue weighted by atomic mass is 9.91. The van der Waals surface area contributed by atoms with Crippen molar-refractivity contribution < 1.29 is 81.1 Å². The Hall–Kier alpha value is -15.5. The zero-order chi connectivity index (χ0) is 103. The maximum absolute atomic E-state index is 12.8. The van der Waals surface area contributed by atoms with Gasteiger partial charge >= 0.3 is 29.8 Å². The van der Waals surface area contributed by atoms with Gasteiger partial charge in [-0.05, 0) is 120 Å². The monoisotopic (exact) mass is 1960 g/mol. The number of hydrogen-bond donors (Lipinski definition) is 7. The highest BCUT2D eigenvalue weighted by Gasteiger charge is 2.40. The third-order valence-electron chi connectivity index (χ3n) is 26.7. The van der Waals surface area contributed by atoms with Crippen molar-refractivity contribution in [1.82, 2.24) is 74.3 Å². The second kappa shape index (κ2) is 51.6. The SMILES string of the molecule is CC(C)OC(=O)c1cnc2[nH]ccc2c1N(C)C1CN(C(=O)CC#N)CCC1C.CCOC(=O)c1cnc2[nH]ccc2c1N(C)C1CN(C(=O)CC#N)CCC1C.CCOC(=O)c1cnc2[nH]ccc2c1NC1CN(C(=O)CC#N)CCC1C.COCCOC(=O)c1cnc2[nH]ccc2c1N(C)C1CN(C(=O)CC#N)CCC1C.COCCOC(=O)c1cnc2[nH]ccc2c1NC1CN(C(=O)CC#N)CCC1C. The number of amides is 5. The van der Waals surface area contributed by atoms with Crippen LogP contribution in [0.1, 0.15) is 178 Å². The van der Waals surface area contributed by atoms with Crippen molar-refractivity contribution in [3.63, 3.8) is 0 Å². The Balaban J connectivity index is 0.000000171. The van der Waals surface area contributed by atoms with Crippen molar-refractivity contribution in [1.29, 1.82) is 26.3 Å². The number of nitrogens with one attached hydrogen (secondary N) is 7. The van der Waals surface area contributed by atoms with Crippen LogP contribution in [0.5, 0.6) is 0 Å². The Morgan fingerprint density at radius 2 is 0.622 bits per heavy atom. The highest BCUT2D eigenvalue weighted by atomic mass is 16.6. The number of likely N-dealkylation sites (N-methyl/N-ethyl adjacent to an activating group) is 3. The average molecular weight is 1960 g/mol. The molecule has 10 atom stereocenters. The molecule has 10 aromatic rings. The van der Waals surface area contributed by atoms with Gasteiger partial charge in [0.05, 0.1) is 91.3 Å². The van der Waals surface area contributed by atoms with Gasteiger partial charge in [0.25, 0.3) is 0 Å². The highest BCUT2D eigenvalue weighted by molar-refractivity contribution is 6.09. The molecule has 10 aromatic heterocycles. The standard InChI is InChI=1S/C21H27N5O4.C21H27N5O3.C20H25N5O4.C20H25N5O3.C19H23N5O3/c1-14-6-9-26(18(27)4-7-22)13-17(14)25(2)19-15-5-8-23-20(15)24-12-16(19)21(28)30-11-10-29-3;1-13(2)29-21(28)16-11-24-20-15(6-9-23-20)19(16)25(4)17-12-26(10-7-14(17)3)18(27)5-8-22;1-13-5-8-25(17(26)3-6-21)12-16(13)24-18-14-4-7-22-19(14)23-11-15(18)20(27)29-10-9-28-2;1-4-28-20(27)15-11-23-19-14(6-9-22-19)18(15)24(3)16-12-25(10-7-13(16)2)17(26)5-8-21;1-3-27-19(26)14-10-22-18-13(5-8-21-18)17(14)23-15-11-24(9-6-12(15)2)16(25)4-7-20/h5,8,12,14,17H,4,6,9-11,13H2,1-3H3,(H,23,24);6,9,11,13-14,17H,5,7,10,12H2,1-4H3,(H,23,24);4,7,11,13,16H,3,5,8-10,12H2,1-2H3,(H2,22,23,24);6,9,11,13,16H,4-5,7,10,12H2,1-3H3,(H,22,23);5,8,10,12,15H,3-4,6,9,11H2,1-2H3,(H2,21,22,23). The van der Waals surface area contributed by atoms with Gasteiger partial charge in [-0.15, -0.1) is 0 Å². The zero-order valence-electron chi connectivity index (χ0n) is 83.4. The molecule has 0 saturated carbocycles. The van der Waals surface area contributed by atoms with Crippen LogP contribution in [0.25, 0.3) is 55.2 Å². The molecule has 0 aliphatic carbocycles. The van der Waals surface area contributed by atoms with E-state index in [1.807, 2.05) is 101 Å². The van der Waals surface area contributed by atoms with Crippen LogP contribution in [-0.2, 0) is 57.1 Å². The summed E-state index contributed by atoms with van der Waals surface area (Å²) in [7, 11) is 8.88.